The van der Waals surface area contributed by atoms with Gasteiger partial charge in [-0.1, -0.05) is 0 Å². The fourth-order valence-corrected chi connectivity index (χ4v) is 1.63. The van der Waals surface area contributed by atoms with Gasteiger partial charge < -0.3 is 14.9 Å². The number of carbonyl (C=O) groups is 2. The lowest BCUT2D eigenvalue weighted by atomic mass is 10.1. The summed E-state index contributed by atoms with van der Waals surface area (Å²) in [5.74, 6) is -2.32. The van der Waals surface area contributed by atoms with E-state index in [1.165, 1.54) is 18.2 Å². The SMILES string of the molecule is CCOC(=O)c1n[nH]nc1-c1ccc(O)c(C(=O)O)c1. The molecule has 0 saturated carbocycles. The molecule has 3 N–H and O–H groups in total. The number of hydrogen-bond donors (Lipinski definition) is 3. The highest BCUT2D eigenvalue weighted by molar-refractivity contribution is 5.96. The molecule has 0 spiro atoms. The van der Waals surface area contributed by atoms with Gasteiger partial charge in [-0.25, -0.2) is 9.59 Å². The minimum atomic E-state index is -1.29. The molecular weight excluding hydrogens is 266 g/mol. The number of benzene rings is 1. The molecule has 2 rings (SSSR count). The van der Waals surface area contributed by atoms with Crippen molar-refractivity contribution in [3.8, 4) is 17.0 Å². The Bertz CT molecular complexity index is 665. The van der Waals surface area contributed by atoms with E-state index < -0.39 is 11.9 Å². The van der Waals surface area contributed by atoms with Crippen molar-refractivity contribution in [1.29, 1.82) is 0 Å². The Labute approximate surface area is 113 Å². The number of aromatic hydroxyl groups is 1. The monoisotopic (exact) mass is 277 g/mol. The average Bonchev–Trinajstić information content (AvgIpc) is 2.88. The summed E-state index contributed by atoms with van der Waals surface area (Å²) in [7, 11) is 0. The first-order chi connectivity index (χ1) is 9.54. The summed E-state index contributed by atoms with van der Waals surface area (Å²) < 4.78 is 4.82. The molecule has 8 nitrogen and oxygen atoms in total. The van der Waals surface area contributed by atoms with Gasteiger partial charge >= 0.3 is 11.9 Å². The molecule has 1 heterocycles. The van der Waals surface area contributed by atoms with Gasteiger partial charge in [0.25, 0.3) is 0 Å². The fourth-order valence-electron chi connectivity index (χ4n) is 1.63. The van der Waals surface area contributed by atoms with Crippen molar-refractivity contribution in [3.63, 3.8) is 0 Å². The topological polar surface area (TPSA) is 125 Å². The molecule has 0 radical (unpaired) electrons. The Morgan fingerprint density at radius 2 is 2.10 bits per heavy atom. The largest absolute Gasteiger partial charge is 0.507 e. The van der Waals surface area contributed by atoms with Crippen molar-refractivity contribution in [3.05, 3.63) is 29.5 Å². The number of phenols is 1. The predicted octanol–water partition coefficient (Wildman–Crippen LogP) is 1.05. The van der Waals surface area contributed by atoms with E-state index in [0.717, 1.165) is 0 Å². The van der Waals surface area contributed by atoms with Crippen molar-refractivity contribution in [2.24, 2.45) is 0 Å². The normalized spacial score (nSPS) is 10.2. The van der Waals surface area contributed by atoms with E-state index in [0.29, 0.717) is 5.56 Å². The maximum Gasteiger partial charge on any atom is 0.361 e. The lowest BCUT2D eigenvalue weighted by Crippen LogP contribution is -2.07. The molecule has 0 saturated heterocycles. The van der Waals surface area contributed by atoms with E-state index in [4.69, 9.17) is 9.84 Å². The highest BCUT2D eigenvalue weighted by Crippen LogP contribution is 2.26. The molecule has 0 unspecified atom stereocenters. The smallest absolute Gasteiger partial charge is 0.361 e. The molecule has 1 aromatic heterocycles. The van der Waals surface area contributed by atoms with Crippen molar-refractivity contribution in [2.45, 2.75) is 6.92 Å². The van der Waals surface area contributed by atoms with Crippen LogP contribution in [0.4, 0.5) is 0 Å². The van der Waals surface area contributed by atoms with E-state index in [2.05, 4.69) is 15.4 Å². The number of ether oxygens (including phenoxy) is 1. The Hall–Kier alpha value is -2.90. The first-order valence-electron chi connectivity index (χ1n) is 5.69. The predicted molar refractivity (Wildman–Crippen MR) is 66.4 cm³/mol. The number of aromatic amines is 1. The zero-order valence-electron chi connectivity index (χ0n) is 10.5. The quantitative estimate of drug-likeness (QED) is 0.713. The number of aromatic carboxylic acids is 1. The Morgan fingerprint density at radius 1 is 1.35 bits per heavy atom. The van der Waals surface area contributed by atoms with E-state index in [-0.39, 0.29) is 29.3 Å². The van der Waals surface area contributed by atoms with Crippen LogP contribution in [0.1, 0.15) is 27.8 Å². The zero-order valence-corrected chi connectivity index (χ0v) is 10.5. The summed E-state index contributed by atoms with van der Waals surface area (Å²) in [4.78, 5) is 22.6. The second-order valence-electron chi connectivity index (χ2n) is 3.78. The second-order valence-corrected chi connectivity index (χ2v) is 3.78. The molecule has 0 aliphatic rings. The number of esters is 1. The van der Waals surface area contributed by atoms with Crippen LogP contribution in [0.25, 0.3) is 11.3 Å². The maximum atomic E-state index is 11.7. The molecule has 0 amide bonds. The Morgan fingerprint density at radius 3 is 2.75 bits per heavy atom. The molecule has 1 aromatic carbocycles. The standard InChI is InChI=1S/C12H11N3O5/c1-2-20-12(19)10-9(13-15-14-10)6-3-4-8(16)7(5-6)11(17)18/h3-5,16H,2H2,1H3,(H,17,18)(H,13,14,15). The van der Waals surface area contributed by atoms with E-state index >= 15 is 0 Å². The minimum Gasteiger partial charge on any atom is -0.507 e. The summed E-state index contributed by atoms with van der Waals surface area (Å²) in [5, 5.41) is 28.2. The van der Waals surface area contributed by atoms with Crippen LogP contribution in [-0.4, -0.2) is 44.2 Å². The van der Waals surface area contributed by atoms with Crippen molar-refractivity contribution in [2.75, 3.05) is 6.61 Å². The van der Waals surface area contributed by atoms with Gasteiger partial charge in [-0.3, -0.25) is 0 Å². The average molecular weight is 277 g/mol. The summed E-state index contributed by atoms with van der Waals surface area (Å²) in [6.45, 7) is 1.84. The Kier molecular flexibility index (Phi) is 3.65. The van der Waals surface area contributed by atoms with Crippen molar-refractivity contribution >= 4 is 11.9 Å². The summed E-state index contributed by atoms with van der Waals surface area (Å²) in [6.07, 6.45) is 0. The number of nitrogens with zero attached hydrogens (tertiary/aromatic N) is 2. The van der Waals surface area contributed by atoms with Crippen LogP contribution in [0.15, 0.2) is 18.2 Å². The number of aromatic nitrogens is 3. The van der Waals surface area contributed by atoms with Gasteiger partial charge in [0, 0.05) is 5.56 Å². The number of rotatable bonds is 4. The molecule has 0 aliphatic carbocycles. The summed E-state index contributed by atoms with van der Waals surface area (Å²) >= 11 is 0. The first-order valence-corrected chi connectivity index (χ1v) is 5.69. The van der Waals surface area contributed by atoms with Gasteiger partial charge in [0.1, 0.15) is 17.0 Å². The third-order valence-electron chi connectivity index (χ3n) is 2.52. The van der Waals surface area contributed by atoms with Crippen LogP contribution in [0.5, 0.6) is 5.75 Å². The number of carboxylic acid groups (broad SMARTS) is 1. The molecule has 0 aliphatic heterocycles. The van der Waals surface area contributed by atoms with Gasteiger partial charge in [-0.2, -0.15) is 10.3 Å². The number of nitrogens with one attached hydrogen (secondary N) is 1. The van der Waals surface area contributed by atoms with Crippen LogP contribution in [0.2, 0.25) is 0 Å². The van der Waals surface area contributed by atoms with Crippen LogP contribution in [0.3, 0.4) is 0 Å². The Balaban J connectivity index is 2.48. The third-order valence-corrected chi connectivity index (χ3v) is 2.52. The second kappa shape index (κ2) is 5.39. The first kappa shape index (κ1) is 13.5. The van der Waals surface area contributed by atoms with Crippen molar-refractivity contribution < 1.29 is 24.5 Å². The third kappa shape index (κ3) is 2.44. The number of H-pyrrole nitrogens is 1. The van der Waals surface area contributed by atoms with Crippen LogP contribution < -0.4 is 0 Å². The number of hydrogen-bond acceptors (Lipinski definition) is 6. The van der Waals surface area contributed by atoms with E-state index in [9.17, 15) is 14.7 Å². The summed E-state index contributed by atoms with van der Waals surface area (Å²) in [5.41, 5.74) is 0.150. The van der Waals surface area contributed by atoms with Gasteiger partial charge in [0.05, 0.1) is 6.61 Å². The highest BCUT2D eigenvalue weighted by Gasteiger charge is 2.20. The highest BCUT2D eigenvalue weighted by atomic mass is 16.5. The molecule has 0 atom stereocenters. The zero-order chi connectivity index (χ0) is 14.7. The van der Waals surface area contributed by atoms with Crippen LogP contribution in [0, 0.1) is 0 Å². The van der Waals surface area contributed by atoms with Crippen LogP contribution in [-0.2, 0) is 4.74 Å². The lowest BCUT2D eigenvalue weighted by molar-refractivity contribution is 0.0520. The van der Waals surface area contributed by atoms with Crippen molar-refractivity contribution in [1.82, 2.24) is 15.4 Å². The molecule has 0 bridgehead atoms. The number of carboxylic acids is 1. The van der Waals surface area contributed by atoms with Gasteiger partial charge in [0.2, 0.25) is 0 Å². The lowest BCUT2D eigenvalue weighted by Gasteiger charge is -2.04. The fraction of sp³-hybridized carbons (Fsp3) is 0.167. The molecule has 104 valence electrons. The molecule has 2 aromatic rings. The number of carbonyl (C=O) groups excluding carboxylic acids is 1. The van der Waals surface area contributed by atoms with Gasteiger partial charge in [-0.15, -0.1) is 5.10 Å². The van der Waals surface area contributed by atoms with Crippen LogP contribution >= 0.6 is 0 Å². The molecule has 0 fully saturated rings. The molecular formula is C12H11N3O5. The van der Waals surface area contributed by atoms with E-state index in [1.807, 2.05) is 0 Å². The molecule has 20 heavy (non-hydrogen) atoms. The van der Waals surface area contributed by atoms with Gasteiger partial charge in [-0.05, 0) is 25.1 Å². The maximum absolute atomic E-state index is 11.7. The van der Waals surface area contributed by atoms with Gasteiger partial charge in [0.15, 0.2) is 5.69 Å². The van der Waals surface area contributed by atoms with E-state index in [1.54, 1.807) is 6.92 Å². The molecule has 8 heteroatoms. The summed E-state index contributed by atoms with van der Waals surface area (Å²) in [6, 6.07) is 3.85. The minimum absolute atomic E-state index is 0.0473.